The molecule has 1 N–H and O–H groups in total. The van der Waals surface area contributed by atoms with Crippen LogP contribution in [0.3, 0.4) is 0 Å². The van der Waals surface area contributed by atoms with Crippen molar-refractivity contribution < 1.29 is 42.1 Å². The number of nitrogens with zero attached hydrogens (tertiary/aromatic N) is 1. The molecular formula is C20H39NO8P+. The molecule has 2 atom stereocenters. The van der Waals surface area contributed by atoms with Crippen LogP contribution in [0.5, 0.6) is 0 Å². The largest absolute Gasteiger partial charge is 0.472 e. The fourth-order valence-electron chi connectivity index (χ4n) is 2.18. The fraction of sp³-hybridized carbons (Fsp3) is 0.800. The molecule has 0 saturated heterocycles. The summed E-state index contributed by atoms with van der Waals surface area (Å²) in [7, 11) is 1.31. The monoisotopic (exact) mass is 452 g/mol. The zero-order chi connectivity index (χ0) is 23.2. The molecule has 0 rings (SSSR count). The molecule has 0 saturated carbocycles. The number of unbranched alkanes of at least 4 members (excludes halogenated alkanes) is 4. The maximum absolute atomic E-state index is 12.2. The zero-order valence-electron chi connectivity index (χ0n) is 19.1. The van der Waals surface area contributed by atoms with Crippen molar-refractivity contribution in [3.05, 3.63) is 12.2 Å². The molecule has 0 aliphatic carbocycles. The Balaban J connectivity index is 4.65. The predicted molar refractivity (Wildman–Crippen MR) is 114 cm³/mol. The summed E-state index contributed by atoms with van der Waals surface area (Å²) >= 11 is 0. The number of carbonyl (C=O) groups excluding carboxylic acids is 2. The second kappa shape index (κ2) is 14.7. The van der Waals surface area contributed by atoms with Gasteiger partial charge < -0.3 is 18.9 Å². The van der Waals surface area contributed by atoms with Crippen LogP contribution >= 0.6 is 7.82 Å². The molecule has 0 aliphatic heterocycles. The van der Waals surface area contributed by atoms with Gasteiger partial charge in [-0.05, 0) is 13.3 Å². The van der Waals surface area contributed by atoms with Crippen LogP contribution in [0.15, 0.2) is 12.2 Å². The third-order valence-electron chi connectivity index (χ3n) is 3.96. The summed E-state index contributed by atoms with van der Waals surface area (Å²) < 4.78 is 32.9. The van der Waals surface area contributed by atoms with Gasteiger partial charge in [0.15, 0.2) is 0 Å². The molecule has 10 heteroatoms. The summed E-state index contributed by atoms with van der Waals surface area (Å²) in [5, 5.41) is 0. The summed E-state index contributed by atoms with van der Waals surface area (Å²) in [6.45, 7) is 6.82. The molecule has 9 nitrogen and oxygen atoms in total. The van der Waals surface area contributed by atoms with Crippen LogP contribution in [0.4, 0.5) is 0 Å². The van der Waals surface area contributed by atoms with Crippen molar-refractivity contribution in [2.75, 3.05) is 47.5 Å². The van der Waals surface area contributed by atoms with Gasteiger partial charge in [0.2, 0.25) is 0 Å². The van der Waals surface area contributed by atoms with Gasteiger partial charge in [0.25, 0.3) is 0 Å². The third-order valence-corrected chi connectivity index (χ3v) is 5.04. The average Bonchev–Trinajstić information content (AvgIpc) is 2.61. The minimum atomic E-state index is -4.43. The first-order valence-electron chi connectivity index (χ1n) is 10.3. The first kappa shape index (κ1) is 28.8. The summed E-state index contributed by atoms with van der Waals surface area (Å²) in [6.07, 6.45) is 4.05. The van der Waals surface area contributed by atoms with Crippen molar-refractivity contribution in [2.24, 2.45) is 0 Å². The highest BCUT2D eigenvalue weighted by molar-refractivity contribution is 7.47. The molecule has 0 radical (unpaired) electrons. The normalized spacial score (nSPS) is 14.6. The van der Waals surface area contributed by atoms with Gasteiger partial charge >= 0.3 is 19.8 Å². The van der Waals surface area contributed by atoms with Gasteiger partial charge in [-0.2, -0.15) is 0 Å². The quantitative estimate of drug-likeness (QED) is 0.118. The van der Waals surface area contributed by atoms with Crippen molar-refractivity contribution in [3.8, 4) is 0 Å². The number of quaternary nitrogens is 1. The summed E-state index contributed by atoms with van der Waals surface area (Å²) in [4.78, 5) is 33.5. The van der Waals surface area contributed by atoms with E-state index in [2.05, 4.69) is 13.5 Å². The average molecular weight is 453 g/mol. The van der Waals surface area contributed by atoms with Crippen LogP contribution in [-0.4, -0.2) is 74.9 Å². The van der Waals surface area contributed by atoms with E-state index in [0.29, 0.717) is 17.4 Å². The molecular weight excluding hydrogens is 413 g/mol. The van der Waals surface area contributed by atoms with E-state index in [4.69, 9.17) is 18.5 Å². The number of phosphoric ester groups is 1. The van der Waals surface area contributed by atoms with Crippen LogP contribution in [0.1, 0.15) is 52.4 Å². The SMILES string of the molecule is C=C(C)C(=O)OCC(COC(=O)CCCCCCC)OP(=O)(O)OCC[N+](C)(C)C. The Labute approximate surface area is 180 Å². The minimum absolute atomic E-state index is 0.00685. The van der Waals surface area contributed by atoms with Crippen molar-refractivity contribution in [1.29, 1.82) is 0 Å². The number of carbonyl (C=O) groups is 2. The van der Waals surface area contributed by atoms with E-state index in [9.17, 15) is 19.0 Å². The number of esters is 2. The summed E-state index contributed by atoms with van der Waals surface area (Å²) in [6, 6.07) is 0. The third kappa shape index (κ3) is 16.5. The number of rotatable bonds is 17. The Kier molecular flexibility index (Phi) is 14.1. The van der Waals surface area contributed by atoms with Crippen LogP contribution in [0.25, 0.3) is 0 Å². The van der Waals surface area contributed by atoms with Crippen LogP contribution < -0.4 is 0 Å². The van der Waals surface area contributed by atoms with E-state index in [-0.39, 0.29) is 31.8 Å². The van der Waals surface area contributed by atoms with Crippen molar-refractivity contribution in [1.82, 2.24) is 0 Å². The second-order valence-corrected chi connectivity index (χ2v) is 9.68. The summed E-state index contributed by atoms with van der Waals surface area (Å²) in [5.74, 6) is -1.12. The van der Waals surface area contributed by atoms with E-state index >= 15 is 0 Å². The predicted octanol–water partition coefficient (Wildman–Crippen LogP) is 3.22. The van der Waals surface area contributed by atoms with Crippen LogP contribution in [-0.2, 0) is 32.7 Å². The lowest BCUT2D eigenvalue weighted by atomic mass is 10.1. The molecule has 0 aromatic heterocycles. The molecule has 0 aromatic rings. The molecule has 0 amide bonds. The number of ether oxygens (including phenoxy) is 2. The maximum atomic E-state index is 12.2. The van der Waals surface area contributed by atoms with Crippen molar-refractivity contribution in [3.63, 3.8) is 0 Å². The van der Waals surface area contributed by atoms with Gasteiger partial charge in [-0.1, -0.05) is 39.2 Å². The highest BCUT2D eigenvalue weighted by atomic mass is 31.2. The Morgan fingerprint density at radius 1 is 1.07 bits per heavy atom. The molecule has 30 heavy (non-hydrogen) atoms. The summed E-state index contributed by atoms with van der Waals surface area (Å²) in [5.41, 5.74) is 0.171. The van der Waals surface area contributed by atoms with Crippen LogP contribution in [0, 0.1) is 0 Å². The number of phosphoric acid groups is 1. The Bertz CT molecular complexity index is 588. The van der Waals surface area contributed by atoms with Crippen molar-refractivity contribution in [2.45, 2.75) is 58.5 Å². The molecule has 2 unspecified atom stereocenters. The standard InChI is InChI=1S/C20H38NO8P/c1-7-8-9-10-11-12-19(22)26-15-18(16-27-20(23)17(2)3)29-30(24,25)28-14-13-21(4,5)6/h18H,2,7-16H2,1,3-6H3/p+1. The van der Waals surface area contributed by atoms with E-state index in [0.717, 1.165) is 25.7 Å². The zero-order valence-corrected chi connectivity index (χ0v) is 19.9. The lowest BCUT2D eigenvalue weighted by molar-refractivity contribution is -0.870. The van der Waals surface area contributed by atoms with Gasteiger partial charge in [0.1, 0.15) is 32.5 Å². The van der Waals surface area contributed by atoms with E-state index in [1.54, 1.807) is 0 Å². The van der Waals surface area contributed by atoms with Gasteiger partial charge in [0.05, 0.1) is 21.1 Å². The van der Waals surface area contributed by atoms with E-state index in [1.807, 2.05) is 21.1 Å². The lowest BCUT2D eigenvalue weighted by Crippen LogP contribution is -2.37. The maximum Gasteiger partial charge on any atom is 0.472 e. The van der Waals surface area contributed by atoms with Gasteiger partial charge in [-0.25, -0.2) is 9.36 Å². The van der Waals surface area contributed by atoms with Crippen LogP contribution in [0.2, 0.25) is 0 Å². The number of hydrogen-bond donors (Lipinski definition) is 1. The smallest absolute Gasteiger partial charge is 0.463 e. The molecule has 176 valence electrons. The Hall–Kier alpha value is -1.25. The molecule has 0 spiro atoms. The molecule has 0 fully saturated rings. The molecule has 0 heterocycles. The van der Waals surface area contributed by atoms with E-state index < -0.39 is 25.9 Å². The second-order valence-electron chi connectivity index (χ2n) is 8.27. The first-order chi connectivity index (χ1) is 13.9. The van der Waals surface area contributed by atoms with Gasteiger partial charge in [0, 0.05) is 12.0 Å². The lowest BCUT2D eigenvalue weighted by Gasteiger charge is -2.25. The molecule has 0 aliphatic rings. The number of likely N-dealkylation sites (N-methyl/N-ethyl adjacent to an activating group) is 1. The van der Waals surface area contributed by atoms with Gasteiger partial charge in [-0.15, -0.1) is 0 Å². The molecule has 0 bridgehead atoms. The molecule has 0 aromatic carbocycles. The fourth-order valence-corrected chi connectivity index (χ4v) is 3.05. The van der Waals surface area contributed by atoms with Gasteiger partial charge in [-0.3, -0.25) is 13.8 Å². The highest BCUT2D eigenvalue weighted by Gasteiger charge is 2.29. The number of hydrogen-bond acceptors (Lipinski definition) is 7. The highest BCUT2D eigenvalue weighted by Crippen LogP contribution is 2.44. The first-order valence-corrected chi connectivity index (χ1v) is 11.8. The minimum Gasteiger partial charge on any atom is -0.463 e. The Morgan fingerprint density at radius 2 is 1.67 bits per heavy atom. The topological polar surface area (TPSA) is 108 Å². The van der Waals surface area contributed by atoms with Crippen molar-refractivity contribution >= 4 is 19.8 Å². The van der Waals surface area contributed by atoms with E-state index in [1.165, 1.54) is 6.92 Å². The Morgan fingerprint density at radius 3 is 2.23 bits per heavy atom.